The Bertz CT molecular complexity index is 1370. The number of fused-ring (bicyclic) bond motifs is 1. The summed E-state index contributed by atoms with van der Waals surface area (Å²) < 4.78 is 34.8. The molecule has 7 nitrogen and oxygen atoms in total. The van der Waals surface area contributed by atoms with Crippen LogP contribution in [0, 0.1) is 0 Å². The molecule has 4 aromatic rings. The number of amides is 2. The van der Waals surface area contributed by atoms with Gasteiger partial charge in [0.2, 0.25) is 5.91 Å². The molecule has 1 heterocycles. The van der Waals surface area contributed by atoms with Crippen LogP contribution in [0.25, 0.3) is 16.6 Å². The summed E-state index contributed by atoms with van der Waals surface area (Å²) in [7, 11) is 0. The lowest BCUT2D eigenvalue weighted by Gasteiger charge is -2.27. The van der Waals surface area contributed by atoms with E-state index in [-0.39, 0.29) is 0 Å². The first kappa shape index (κ1) is 23.9. The number of nitrogens with two attached hydrogens (primary N) is 1. The summed E-state index contributed by atoms with van der Waals surface area (Å²) in [6.45, 7) is 2.17. The highest BCUT2D eigenvalue weighted by molar-refractivity contribution is 5.93. The van der Waals surface area contributed by atoms with Gasteiger partial charge in [0, 0.05) is 17.9 Å². The maximum atomic E-state index is 13.5. The molecule has 4 rings (SSSR count). The van der Waals surface area contributed by atoms with E-state index in [1.807, 2.05) is 24.3 Å². The van der Waals surface area contributed by atoms with E-state index in [1.54, 1.807) is 66.3 Å². The Labute approximate surface area is 200 Å². The fourth-order valence-electron chi connectivity index (χ4n) is 3.74. The van der Waals surface area contributed by atoms with Crippen molar-refractivity contribution in [1.29, 1.82) is 0 Å². The maximum Gasteiger partial charge on any atom is 0.321 e. The van der Waals surface area contributed by atoms with Crippen molar-refractivity contribution in [2.45, 2.75) is 31.9 Å². The number of hydrogen-bond acceptors (Lipinski definition) is 4. The van der Waals surface area contributed by atoms with Crippen molar-refractivity contribution in [1.82, 2.24) is 15.1 Å². The van der Waals surface area contributed by atoms with Gasteiger partial charge in [0.05, 0.1) is 23.4 Å². The molecule has 1 aromatic heterocycles. The monoisotopic (exact) mass is 478 g/mol. The van der Waals surface area contributed by atoms with Crippen molar-refractivity contribution >= 4 is 22.7 Å². The molecule has 180 valence electrons. The minimum absolute atomic E-state index is 0.366. The first-order valence-corrected chi connectivity index (χ1v) is 10.9. The molecule has 9 heteroatoms. The van der Waals surface area contributed by atoms with E-state index in [1.165, 1.54) is 0 Å². The number of carbonyl (C=O) groups is 2. The average Bonchev–Trinajstić information content (AvgIpc) is 3.25. The topological polar surface area (TPSA) is 99.2 Å². The minimum Gasteiger partial charge on any atom is -0.484 e. The second-order valence-electron chi connectivity index (χ2n) is 8.29. The summed E-state index contributed by atoms with van der Waals surface area (Å²) >= 11 is 0. The first-order valence-electron chi connectivity index (χ1n) is 10.9. The number of nitrogens with one attached hydrogen (secondary N) is 1. The minimum atomic E-state index is -3.51. The van der Waals surface area contributed by atoms with Gasteiger partial charge in [0.15, 0.2) is 0 Å². The summed E-state index contributed by atoms with van der Waals surface area (Å²) in [5.41, 5.74) is 7.91. The average molecular weight is 478 g/mol. The van der Waals surface area contributed by atoms with Crippen LogP contribution in [0.1, 0.15) is 35.9 Å². The van der Waals surface area contributed by atoms with Gasteiger partial charge in [-0.2, -0.15) is 13.9 Å². The van der Waals surface area contributed by atoms with Crippen molar-refractivity contribution in [2.75, 3.05) is 0 Å². The van der Waals surface area contributed by atoms with Crippen LogP contribution in [0.5, 0.6) is 5.75 Å². The van der Waals surface area contributed by atoms with Gasteiger partial charge in [-0.25, -0.2) is 4.68 Å². The standard InChI is InChI=1S/C26H24F2N4O3/c1-16(31-25(34)26(2,27)28)23(17-7-4-3-5-8-17)35-21-11-12-22-19(14-21)15-30-32(22)20-10-6-9-18(13-20)24(29)33/h3-16,23H,1-2H3,(H2,29,33)(H,31,34)/t16-,23-/m0/s1. The Balaban J connectivity index is 1.64. The molecule has 35 heavy (non-hydrogen) atoms. The predicted molar refractivity (Wildman–Crippen MR) is 128 cm³/mol. The number of halogens is 2. The fourth-order valence-corrected chi connectivity index (χ4v) is 3.74. The highest BCUT2D eigenvalue weighted by atomic mass is 19.3. The third-order valence-electron chi connectivity index (χ3n) is 5.52. The van der Waals surface area contributed by atoms with Crippen LogP contribution in [0.4, 0.5) is 8.78 Å². The number of benzene rings is 3. The number of hydrogen-bond donors (Lipinski definition) is 2. The molecule has 0 aliphatic heterocycles. The highest BCUT2D eigenvalue weighted by Gasteiger charge is 2.35. The van der Waals surface area contributed by atoms with E-state index in [4.69, 9.17) is 10.5 Å². The maximum absolute atomic E-state index is 13.5. The Kier molecular flexibility index (Phi) is 6.50. The Morgan fingerprint density at radius 3 is 2.49 bits per heavy atom. The lowest BCUT2D eigenvalue weighted by Crippen LogP contribution is -2.46. The lowest BCUT2D eigenvalue weighted by molar-refractivity contribution is -0.144. The van der Waals surface area contributed by atoms with Gasteiger partial charge in [-0.3, -0.25) is 9.59 Å². The van der Waals surface area contributed by atoms with E-state index in [9.17, 15) is 18.4 Å². The fraction of sp³-hybridized carbons (Fsp3) is 0.192. The van der Waals surface area contributed by atoms with E-state index in [2.05, 4.69) is 10.4 Å². The summed E-state index contributed by atoms with van der Waals surface area (Å²) in [4.78, 5) is 23.4. The number of ether oxygens (including phenoxy) is 1. The zero-order valence-corrected chi connectivity index (χ0v) is 19.1. The molecule has 0 fully saturated rings. The molecule has 3 aromatic carbocycles. The lowest BCUT2D eigenvalue weighted by atomic mass is 10.0. The summed E-state index contributed by atoms with van der Waals surface area (Å²) in [6.07, 6.45) is 0.932. The van der Waals surface area contributed by atoms with E-state index in [0.29, 0.717) is 23.9 Å². The molecule has 0 saturated carbocycles. The molecular formula is C26H24F2N4O3. The van der Waals surface area contributed by atoms with E-state index < -0.39 is 29.9 Å². The van der Waals surface area contributed by atoms with Crippen molar-refractivity contribution in [2.24, 2.45) is 5.73 Å². The quantitative estimate of drug-likeness (QED) is 0.392. The molecule has 2 amide bonds. The van der Waals surface area contributed by atoms with E-state index >= 15 is 0 Å². The van der Waals surface area contributed by atoms with Crippen LogP contribution in [0.2, 0.25) is 0 Å². The largest absolute Gasteiger partial charge is 0.484 e. The number of carbonyl (C=O) groups excluding carboxylic acids is 2. The SMILES string of the molecule is C[C@H](NC(=O)C(C)(F)F)[C@H](Oc1ccc2c(cnn2-c2cccc(C(N)=O)c2)c1)c1ccccc1. The number of primary amides is 1. The van der Waals surface area contributed by atoms with Crippen LogP contribution in [-0.4, -0.2) is 33.6 Å². The highest BCUT2D eigenvalue weighted by Crippen LogP contribution is 2.29. The number of nitrogens with zero attached hydrogens (tertiary/aromatic N) is 2. The summed E-state index contributed by atoms with van der Waals surface area (Å²) in [5, 5.41) is 7.52. The second kappa shape index (κ2) is 9.54. The molecular weight excluding hydrogens is 454 g/mol. The van der Waals surface area contributed by atoms with Gasteiger partial charge in [-0.05, 0) is 48.9 Å². The number of aromatic nitrogens is 2. The van der Waals surface area contributed by atoms with Crippen LogP contribution < -0.4 is 15.8 Å². The number of alkyl halides is 2. The summed E-state index contributed by atoms with van der Waals surface area (Å²) in [6, 6.07) is 20.4. The molecule has 0 spiro atoms. The van der Waals surface area contributed by atoms with Gasteiger partial charge in [-0.1, -0.05) is 36.4 Å². The third-order valence-corrected chi connectivity index (χ3v) is 5.52. The molecule has 3 N–H and O–H groups in total. The molecule has 2 atom stereocenters. The smallest absolute Gasteiger partial charge is 0.321 e. The van der Waals surface area contributed by atoms with Crippen molar-refractivity contribution in [3.05, 3.63) is 90.1 Å². The summed E-state index contributed by atoms with van der Waals surface area (Å²) in [5.74, 6) is -4.94. The van der Waals surface area contributed by atoms with Crippen molar-refractivity contribution in [3.8, 4) is 11.4 Å². The zero-order valence-electron chi connectivity index (χ0n) is 19.1. The third kappa shape index (κ3) is 5.29. The Hall–Kier alpha value is -4.27. The number of rotatable bonds is 8. The Morgan fingerprint density at radius 2 is 1.80 bits per heavy atom. The first-order chi connectivity index (χ1) is 16.6. The Morgan fingerprint density at radius 1 is 1.06 bits per heavy atom. The van der Waals surface area contributed by atoms with Crippen LogP contribution in [0.15, 0.2) is 79.0 Å². The molecule has 0 saturated heterocycles. The molecule has 0 aliphatic carbocycles. The van der Waals surface area contributed by atoms with Crippen LogP contribution in [0.3, 0.4) is 0 Å². The van der Waals surface area contributed by atoms with Gasteiger partial charge in [0.1, 0.15) is 11.9 Å². The van der Waals surface area contributed by atoms with Crippen molar-refractivity contribution in [3.63, 3.8) is 0 Å². The van der Waals surface area contributed by atoms with Gasteiger partial charge >= 0.3 is 5.92 Å². The molecule has 0 aliphatic rings. The molecule has 0 unspecified atom stereocenters. The van der Waals surface area contributed by atoms with Crippen LogP contribution >= 0.6 is 0 Å². The van der Waals surface area contributed by atoms with Crippen molar-refractivity contribution < 1.29 is 23.1 Å². The van der Waals surface area contributed by atoms with Crippen LogP contribution in [-0.2, 0) is 4.79 Å². The van der Waals surface area contributed by atoms with E-state index in [0.717, 1.165) is 16.5 Å². The zero-order chi connectivity index (χ0) is 25.2. The second-order valence-corrected chi connectivity index (χ2v) is 8.29. The van der Waals surface area contributed by atoms with Gasteiger partial charge in [-0.15, -0.1) is 0 Å². The molecule has 0 bridgehead atoms. The normalized spacial score (nSPS) is 13.3. The van der Waals surface area contributed by atoms with Gasteiger partial charge < -0.3 is 15.8 Å². The van der Waals surface area contributed by atoms with Gasteiger partial charge in [0.25, 0.3) is 5.91 Å². The predicted octanol–water partition coefficient (Wildman–Crippen LogP) is 4.40. The molecule has 0 radical (unpaired) electrons.